The van der Waals surface area contributed by atoms with Gasteiger partial charge >= 0.3 is 5.97 Å². The zero-order valence-electron chi connectivity index (χ0n) is 11.8. The molecule has 1 heterocycles. The second-order valence-electron chi connectivity index (χ2n) is 4.88. The Labute approximate surface area is 118 Å². The lowest BCUT2D eigenvalue weighted by Gasteiger charge is -2.17. The second-order valence-corrected chi connectivity index (χ2v) is 4.88. The molecule has 1 fully saturated rings. The fourth-order valence-corrected chi connectivity index (χ4v) is 2.15. The van der Waals surface area contributed by atoms with Gasteiger partial charge in [-0.25, -0.2) is 0 Å². The first-order valence-corrected chi connectivity index (χ1v) is 6.73. The molecular formula is C15H19NO4. The number of methoxy groups -OCH3 is 1. The highest BCUT2D eigenvalue weighted by molar-refractivity contribution is 5.95. The number of carbonyl (C=O) groups is 2. The van der Waals surface area contributed by atoms with Gasteiger partial charge in [-0.2, -0.15) is 0 Å². The summed E-state index contributed by atoms with van der Waals surface area (Å²) in [5, 5.41) is 0. The Morgan fingerprint density at radius 3 is 2.90 bits per heavy atom. The summed E-state index contributed by atoms with van der Waals surface area (Å²) in [6.07, 6.45) is 1.49. The highest BCUT2D eigenvalue weighted by atomic mass is 16.5. The minimum absolute atomic E-state index is 0.144. The molecule has 5 nitrogen and oxygen atoms in total. The van der Waals surface area contributed by atoms with E-state index in [9.17, 15) is 9.59 Å². The molecule has 0 aromatic heterocycles. The molecule has 2 rings (SSSR count). The number of benzene rings is 1. The molecule has 1 aliphatic heterocycles. The molecule has 0 radical (unpaired) electrons. The minimum Gasteiger partial charge on any atom is -0.493 e. The first-order chi connectivity index (χ1) is 9.61. The minimum atomic E-state index is -0.322. The van der Waals surface area contributed by atoms with Crippen LogP contribution in [0.15, 0.2) is 24.3 Å². The predicted octanol–water partition coefficient (Wildman–Crippen LogP) is 2.00. The molecule has 1 aliphatic rings. The van der Waals surface area contributed by atoms with E-state index >= 15 is 0 Å². The van der Waals surface area contributed by atoms with Crippen molar-refractivity contribution in [2.45, 2.75) is 19.8 Å². The van der Waals surface area contributed by atoms with Crippen molar-refractivity contribution in [1.82, 2.24) is 0 Å². The summed E-state index contributed by atoms with van der Waals surface area (Å²) in [7, 11) is 1.36. The molecule has 1 unspecified atom stereocenters. The Kier molecular flexibility index (Phi) is 4.61. The van der Waals surface area contributed by atoms with Crippen LogP contribution in [0.1, 0.15) is 19.8 Å². The molecule has 0 aliphatic carbocycles. The van der Waals surface area contributed by atoms with Crippen LogP contribution in [0.2, 0.25) is 0 Å². The third-order valence-electron chi connectivity index (χ3n) is 3.31. The molecule has 0 spiro atoms. The monoisotopic (exact) mass is 277 g/mol. The van der Waals surface area contributed by atoms with Gasteiger partial charge < -0.3 is 14.4 Å². The molecule has 1 amide bonds. The van der Waals surface area contributed by atoms with E-state index in [2.05, 4.69) is 4.74 Å². The Balaban J connectivity index is 1.99. The number of carbonyl (C=O) groups excluding carboxylic acids is 2. The number of rotatable bonds is 5. The van der Waals surface area contributed by atoms with Crippen molar-refractivity contribution < 1.29 is 19.1 Å². The van der Waals surface area contributed by atoms with Gasteiger partial charge in [0, 0.05) is 24.7 Å². The van der Waals surface area contributed by atoms with Crippen molar-refractivity contribution in [2.75, 3.05) is 25.2 Å². The molecule has 1 aromatic carbocycles. The van der Waals surface area contributed by atoms with Gasteiger partial charge in [0.15, 0.2) is 0 Å². The quantitative estimate of drug-likeness (QED) is 0.772. The van der Waals surface area contributed by atoms with Crippen LogP contribution in [0.4, 0.5) is 5.69 Å². The van der Waals surface area contributed by atoms with Crippen LogP contribution in [0.3, 0.4) is 0 Å². The first kappa shape index (κ1) is 14.4. The van der Waals surface area contributed by atoms with Gasteiger partial charge in [0.2, 0.25) is 5.91 Å². The number of nitrogens with zero attached hydrogens (tertiary/aromatic N) is 1. The zero-order chi connectivity index (χ0) is 14.5. The number of anilines is 1. The van der Waals surface area contributed by atoms with E-state index in [-0.39, 0.29) is 24.4 Å². The van der Waals surface area contributed by atoms with E-state index < -0.39 is 0 Å². The third kappa shape index (κ3) is 3.29. The molecular weight excluding hydrogens is 258 g/mol. The van der Waals surface area contributed by atoms with Gasteiger partial charge in [-0.3, -0.25) is 9.59 Å². The fraction of sp³-hybridized carbons (Fsp3) is 0.467. The standard InChI is InChI=1S/C15H19NO4/c1-11(15(18)19-2)10-20-13-6-3-5-12(9-13)16-8-4-7-14(16)17/h3,5-6,9,11H,4,7-8,10H2,1-2H3. The number of amides is 1. The summed E-state index contributed by atoms with van der Waals surface area (Å²) in [6.45, 7) is 2.75. The maximum Gasteiger partial charge on any atom is 0.311 e. The second kappa shape index (κ2) is 6.41. The summed E-state index contributed by atoms with van der Waals surface area (Å²) >= 11 is 0. The lowest BCUT2D eigenvalue weighted by Crippen LogP contribution is -2.23. The smallest absolute Gasteiger partial charge is 0.311 e. The van der Waals surface area contributed by atoms with Crippen molar-refractivity contribution >= 4 is 17.6 Å². The number of esters is 1. The van der Waals surface area contributed by atoms with Crippen LogP contribution in [0, 0.1) is 5.92 Å². The Morgan fingerprint density at radius 1 is 1.45 bits per heavy atom. The maximum atomic E-state index is 11.7. The molecule has 20 heavy (non-hydrogen) atoms. The van der Waals surface area contributed by atoms with E-state index in [4.69, 9.17) is 4.74 Å². The average Bonchev–Trinajstić information content (AvgIpc) is 2.90. The number of ether oxygens (including phenoxy) is 2. The SMILES string of the molecule is COC(=O)C(C)COc1cccc(N2CCCC2=O)c1. The van der Waals surface area contributed by atoms with E-state index in [1.165, 1.54) is 7.11 Å². The normalized spacial score (nSPS) is 16.1. The molecule has 1 saturated heterocycles. The van der Waals surface area contributed by atoms with E-state index in [1.807, 2.05) is 24.3 Å². The van der Waals surface area contributed by atoms with Crippen LogP contribution in [-0.2, 0) is 14.3 Å². The predicted molar refractivity (Wildman–Crippen MR) is 74.7 cm³/mol. The highest BCUT2D eigenvalue weighted by Crippen LogP contribution is 2.25. The maximum absolute atomic E-state index is 11.7. The molecule has 0 saturated carbocycles. The highest BCUT2D eigenvalue weighted by Gasteiger charge is 2.22. The van der Waals surface area contributed by atoms with E-state index in [0.29, 0.717) is 12.2 Å². The van der Waals surface area contributed by atoms with Crippen LogP contribution >= 0.6 is 0 Å². The van der Waals surface area contributed by atoms with Crippen LogP contribution in [0.5, 0.6) is 5.75 Å². The molecule has 1 aromatic rings. The topological polar surface area (TPSA) is 55.8 Å². The summed E-state index contributed by atoms with van der Waals surface area (Å²) in [5.74, 6) is 0.177. The average molecular weight is 277 g/mol. The Bertz CT molecular complexity index is 500. The largest absolute Gasteiger partial charge is 0.493 e. The summed E-state index contributed by atoms with van der Waals surface area (Å²) in [6, 6.07) is 7.38. The van der Waals surface area contributed by atoms with Gasteiger partial charge in [0.1, 0.15) is 12.4 Å². The molecule has 0 bridgehead atoms. The van der Waals surface area contributed by atoms with Crippen molar-refractivity contribution in [3.8, 4) is 5.75 Å². The molecule has 1 atom stereocenters. The van der Waals surface area contributed by atoms with Crippen molar-refractivity contribution in [3.63, 3.8) is 0 Å². The Morgan fingerprint density at radius 2 is 2.25 bits per heavy atom. The zero-order valence-corrected chi connectivity index (χ0v) is 11.8. The third-order valence-corrected chi connectivity index (χ3v) is 3.31. The van der Waals surface area contributed by atoms with E-state index in [0.717, 1.165) is 18.7 Å². The van der Waals surface area contributed by atoms with Crippen LogP contribution in [-0.4, -0.2) is 32.1 Å². The summed E-state index contributed by atoms with van der Waals surface area (Å²) < 4.78 is 10.2. The summed E-state index contributed by atoms with van der Waals surface area (Å²) in [4.78, 5) is 24.8. The number of hydrogen-bond donors (Lipinski definition) is 0. The summed E-state index contributed by atoms with van der Waals surface area (Å²) in [5.41, 5.74) is 0.843. The van der Waals surface area contributed by atoms with Crippen molar-refractivity contribution in [2.24, 2.45) is 5.92 Å². The van der Waals surface area contributed by atoms with Gasteiger partial charge in [0.25, 0.3) is 0 Å². The van der Waals surface area contributed by atoms with Crippen molar-refractivity contribution in [3.05, 3.63) is 24.3 Å². The molecule has 5 heteroatoms. The van der Waals surface area contributed by atoms with E-state index in [1.54, 1.807) is 11.8 Å². The van der Waals surface area contributed by atoms with Gasteiger partial charge in [-0.15, -0.1) is 0 Å². The molecule has 108 valence electrons. The van der Waals surface area contributed by atoms with Crippen LogP contribution < -0.4 is 9.64 Å². The van der Waals surface area contributed by atoms with Gasteiger partial charge in [-0.1, -0.05) is 6.07 Å². The van der Waals surface area contributed by atoms with Crippen LogP contribution in [0.25, 0.3) is 0 Å². The molecule has 0 N–H and O–H groups in total. The first-order valence-electron chi connectivity index (χ1n) is 6.73. The van der Waals surface area contributed by atoms with Crippen molar-refractivity contribution in [1.29, 1.82) is 0 Å². The fourth-order valence-electron chi connectivity index (χ4n) is 2.15. The lowest BCUT2D eigenvalue weighted by atomic mass is 10.2. The van der Waals surface area contributed by atoms with Gasteiger partial charge in [0.05, 0.1) is 13.0 Å². The Hall–Kier alpha value is -2.04. The lowest BCUT2D eigenvalue weighted by molar-refractivity contribution is -0.145. The van der Waals surface area contributed by atoms with Gasteiger partial charge in [-0.05, 0) is 25.5 Å². The number of hydrogen-bond acceptors (Lipinski definition) is 4.